The van der Waals surface area contributed by atoms with Crippen LogP contribution in [0.4, 0.5) is 5.13 Å². The third-order valence-electron chi connectivity index (χ3n) is 4.58. The van der Waals surface area contributed by atoms with E-state index in [2.05, 4.69) is 31.4 Å². The first-order valence-electron chi connectivity index (χ1n) is 8.18. The summed E-state index contributed by atoms with van der Waals surface area (Å²) in [4.78, 5) is 6.93. The fraction of sp³-hybridized carbons (Fsp3) is 0.667. The van der Waals surface area contributed by atoms with Gasteiger partial charge in [0, 0.05) is 62.9 Å². The van der Waals surface area contributed by atoms with Crippen LogP contribution in [0, 0.1) is 0 Å². The molecule has 0 spiro atoms. The maximum Gasteiger partial charge on any atom is 0.205 e. The molecule has 0 saturated carbocycles. The van der Waals surface area contributed by atoms with E-state index in [4.69, 9.17) is 9.72 Å². The van der Waals surface area contributed by atoms with E-state index in [1.54, 1.807) is 0 Å². The predicted molar refractivity (Wildman–Crippen MR) is 88.7 cm³/mol. The second kappa shape index (κ2) is 6.54. The van der Waals surface area contributed by atoms with Crippen molar-refractivity contribution >= 4 is 16.7 Å². The highest BCUT2D eigenvalue weighted by Gasteiger charge is 2.22. The molecule has 0 bridgehead atoms. The Balaban J connectivity index is 1.46. The molecule has 2 aliphatic rings. The molecule has 4 heterocycles. The number of hydrogen-bond acceptors (Lipinski definition) is 7. The molecular weight excluding hydrogens is 312 g/mol. The predicted octanol–water partition coefficient (Wildman–Crippen LogP) is 1.37. The van der Waals surface area contributed by atoms with Crippen LogP contribution < -0.4 is 10.2 Å². The van der Waals surface area contributed by atoms with Gasteiger partial charge in [0.05, 0.1) is 18.4 Å². The van der Waals surface area contributed by atoms with Crippen LogP contribution in [0.15, 0.2) is 6.20 Å². The van der Waals surface area contributed by atoms with Crippen molar-refractivity contribution in [2.75, 3.05) is 31.7 Å². The minimum Gasteiger partial charge on any atom is -0.381 e. The van der Waals surface area contributed by atoms with Gasteiger partial charge >= 0.3 is 0 Å². The summed E-state index contributed by atoms with van der Waals surface area (Å²) in [5, 5.41) is 8.88. The zero-order valence-corrected chi connectivity index (χ0v) is 14.2. The van der Waals surface area contributed by atoms with Gasteiger partial charge < -0.3 is 15.0 Å². The van der Waals surface area contributed by atoms with Crippen molar-refractivity contribution in [1.29, 1.82) is 0 Å². The maximum atomic E-state index is 5.42. The Kier molecular flexibility index (Phi) is 4.28. The fourth-order valence-corrected chi connectivity index (χ4v) is 3.90. The van der Waals surface area contributed by atoms with Crippen molar-refractivity contribution < 1.29 is 4.74 Å². The highest BCUT2D eigenvalue weighted by atomic mass is 32.1. The fourth-order valence-electron chi connectivity index (χ4n) is 3.20. The monoisotopic (exact) mass is 334 g/mol. The Bertz CT molecular complexity index is 663. The van der Waals surface area contributed by atoms with Crippen LogP contribution in [-0.4, -0.2) is 45.9 Å². The number of anilines is 1. The van der Waals surface area contributed by atoms with E-state index in [0.29, 0.717) is 5.92 Å². The Morgan fingerprint density at radius 3 is 3.17 bits per heavy atom. The number of aromatic nitrogens is 4. The zero-order chi connectivity index (χ0) is 15.6. The van der Waals surface area contributed by atoms with Crippen LogP contribution in [0.1, 0.15) is 35.8 Å². The molecule has 23 heavy (non-hydrogen) atoms. The SMILES string of the molecule is CN(Cc1cnn2c1CNCC2)c1nc(C2CCOCC2)ns1. The van der Waals surface area contributed by atoms with Gasteiger partial charge in [0.1, 0.15) is 5.82 Å². The van der Waals surface area contributed by atoms with Gasteiger partial charge in [0.2, 0.25) is 5.13 Å². The molecule has 7 nitrogen and oxygen atoms in total. The van der Waals surface area contributed by atoms with Gasteiger partial charge in [-0.15, -0.1) is 0 Å². The molecule has 1 saturated heterocycles. The van der Waals surface area contributed by atoms with Crippen molar-refractivity contribution in [3.63, 3.8) is 0 Å². The van der Waals surface area contributed by atoms with Gasteiger partial charge in [-0.1, -0.05) is 0 Å². The third-order valence-corrected chi connectivity index (χ3v) is 5.42. The summed E-state index contributed by atoms with van der Waals surface area (Å²) < 4.78 is 12.1. The molecule has 4 rings (SSSR count). The summed E-state index contributed by atoms with van der Waals surface area (Å²) in [6, 6.07) is 0. The average Bonchev–Trinajstić information content (AvgIpc) is 3.24. The van der Waals surface area contributed by atoms with E-state index in [-0.39, 0.29) is 0 Å². The normalized spacial score (nSPS) is 18.8. The van der Waals surface area contributed by atoms with Crippen LogP contribution in [0.2, 0.25) is 0 Å². The molecule has 2 aromatic rings. The Labute approximate surface area is 139 Å². The molecule has 0 radical (unpaired) electrons. The van der Waals surface area contributed by atoms with Crippen LogP contribution in [0.3, 0.4) is 0 Å². The lowest BCUT2D eigenvalue weighted by molar-refractivity contribution is 0.0838. The molecule has 0 amide bonds. The van der Waals surface area contributed by atoms with Crippen molar-refractivity contribution in [2.24, 2.45) is 0 Å². The van der Waals surface area contributed by atoms with Gasteiger partial charge in [0.15, 0.2) is 0 Å². The van der Waals surface area contributed by atoms with Crippen molar-refractivity contribution in [3.05, 3.63) is 23.3 Å². The number of nitrogens with zero attached hydrogens (tertiary/aromatic N) is 5. The maximum absolute atomic E-state index is 5.42. The zero-order valence-electron chi connectivity index (χ0n) is 13.4. The first-order chi connectivity index (χ1) is 11.3. The minimum absolute atomic E-state index is 0.454. The van der Waals surface area contributed by atoms with E-state index >= 15 is 0 Å². The molecule has 1 fully saturated rings. The molecular formula is C15H22N6OS. The Morgan fingerprint density at radius 2 is 2.30 bits per heavy atom. The summed E-state index contributed by atoms with van der Waals surface area (Å²) in [5.74, 6) is 1.44. The summed E-state index contributed by atoms with van der Waals surface area (Å²) in [7, 11) is 2.08. The molecule has 1 N–H and O–H groups in total. The highest BCUT2D eigenvalue weighted by Crippen LogP contribution is 2.28. The lowest BCUT2D eigenvalue weighted by Gasteiger charge is -2.20. The largest absolute Gasteiger partial charge is 0.381 e. The van der Waals surface area contributed by atoms with Crippen LogP contribution >= 0.6 is 11.5 Å². The average molecular weight is 334 g/mol. The molecule has 124 valence electrons. The summed E-state index contributed by atoms with van der Waals surface area (Å²) in [5.41, 5.74) is 2.56. The van der Waals surface area contributed by atoms with E-state index in [1.807, 2.05) is 6.20 Å². The summed E-state index contributed by atoms with van der Waals surface area (Å²) >= 11 is 1.49. The molecule has 0 aliphatic carbocycles. The van der Waals surface area contributed by atoms with Gasteiger partial charge in [0.25, 0.3) is 0 Å². The quantitative estimate of drug-likeness (QED) is 0.911. The summed E-state index contributed by atoms with van der Waals surface area (Å²) in [6.07, 6.45) is 4.05. The van der Waals surface area contributed by atoms with Crippen LogP contribution in [0.5, 0.6) is 0 Å². The second-order valence-electron chi connectivity index (χ2n) is 6.19. The first-order valence-corrected chi connectivity index (χ1v) is 8.95. The molecule has 0 unspecified atom stereocenters. The Hall–Kier alpha value is -1.51. The lowest BCUT2D eigenvalue weighted by atomic mass is 10.00. The lowest BCUT2D eigenvalue weighted by Crippen LogP contribution is -2.29. The van der Waals surface area contributed by atoms with Crippen molar-refractivity contribution in [1.82, 2.24) is 24.5 Å². The number of fused-ring (bicyclic) bond motifs is 1. The van der Waals surface area contributed by atoms with E-state index in [1.165, 1.54) is 22.8 Å². The standard InChI is InChI=1S/C15H22N6OS/c1-20(10-12-8-17-21-5-4-16-9-13(12)21)15-18-14(19-23-15)11-2-6-22-7-3-11/h8,11,16H,2-7,9-10H2,1H3. The molecule has 2 aliphatic heterocycles. The molecule has 0 aromatic carbocycles. The number of rotatable bonds is 4. The molecule has 0 atom stereocenters. The van der Waals surface area contributed by atoms with Crippen LogP contribution in [0.25, 0.3) is 0 Å². The van der Waals surface area contributed by atoms with Crippen LogP contribution in [-0.2, 0) is 24.4 Å². The number of hydrogen-bond donors (Lipinski definition) is 1. The highest BCUT2D eigenvalue weighted by molar-refractivity contribution is 7.09. The smallest absolute Gasteiger partial charge is 0.205 e. The molecule has 2 aromatic heterocycles. The van der Waals surface area contributed by atoms with Crippen molar-refractivity contribution in [2.45, 2.75) is 38.4 Å². The Morgan fingerprint density at radius 1 is 1.43 bits per heavy atom. The van der Waals surface area contributed by atoms with Gasteiger partial charge in [-0.05, 0) is 12.8 Å². The van der Waals surface area contributed by atoms with E-state index in [9.17, 15) is 0 Å². The van der Waals surface area contributed by atoms with Gasteiger partial charge in [-0.3, -0.25) is 4.68 Å². The second-order valence-corrected chi connectivity index (χ2v) is 6.92. The third kappa shape index (κ3) is 3.11. The topological polar surface area (TPSA) is 68.1 Å². The van der Waals surface area contributed by atoms with E-state index < -0.39 is 0 Å². The molecule has 8 heteroatoms. The number of ether oxygens (including phenoxy) is 1. The first kappa shape index (κ1) is 15.0. The summed E-state index contributed by atoms with van der Waals surface area (Å²) in [6.45, 7) is 5.31. The van der Waals surface area contributed by atoms with E-state index in [0.717, 1.165) is 63.2 Å². The minimum atomic E-state index is 0.454. The van der Waals surface area contributed by atoms with Gasteiger partial charge in [-0.2, -0.15) is 9.47 Å². The van der Waals surface area contributed by atoms with Gasteiger partial charge in [-0.25, -0.2) is 4.98 Å². The number of nitrogens with one attached hydrogen (secondary N) is 1. The van der Waals surface area contributed by atoms with Crippen molar-refractivity contribution in [3.8, 4) is 0 Å².